The molecule has 2 aromatic carbocycles. The number of ether oxygens (including phenoxy) is 1. The second-order valence-corrected chi connectivity index (χ2v) is 8.65. The summed E-state index contributed by atoms with van der Waals surface area (Å²) >= 11 is 1.69. The fraction of sp³-hybridized carbons (Fsp3) is 0.476. The van der Waals surface area contributed by atoms with E-state index < -0.39 is 0 Å². The predicted molar refractivity (Wildman–Crippen MR) is 108 cm³/mol. The van der Waals surface area contributed by atoms with Crippen molar-refractivity contribution in [2.75, 3.05) is 26.0 Å². The molecule has 0 bridgehead atoms. The number of nitrogens with zero attached hydrogens (tertiary/aromatic N) is 1. The molecule has 5 heteroatoms. The maximum absolute atomic E-state index is 12.5. The van der Waals surface area contributed by atoms with Crippen LogP contribution in [0.3, 0.4) is 0 Å². The molecule has 1 aliphatic rings. The number of carbonyl (C=O) groups is 1. The highest BCUT2D eigenvalue weighted by molar-refractivity contribution is 8.00. The number of fused-ring (bicyclic) bond motifs is 1. The fourth-order valence-corrected chi connectivity index (χ4v) is 4.70. The number of aliphatic hydroxyl groups excluding tert-OH is 1. The Labute approximate surface area is 159 Å². The van der Waals surface area contributed by atoms with Gasteiger partial charge in [0, 0.05) is 18.5 Å². The van der Waals surface area contributed by atoms with Crippen molar-refractivity contribution in [3.63, 3.8) is 0 Å². The van der Waals surface area contributed by atoms with E-state index in [0.717, 1.165) is 35.9 Å². The maximum Gasteiger partial charge on any atom is 0.233 e. The van der Waals surface area contributed by atoms with Crippen LogP contribution in [0.4, 0.5) is 0 Å². The van der Waals surface area contributed by atoms with E-state index in [4.69, 9.17) is 4.74 Å². The van der Waals surface area contributed by atoms with Crippen LogP contribution in [0.1, 0.15) is 37.6 Å². The van der Waals surface area contributed by atoms with E-state index in [2.05, 4.69) is 32.0 Å². The molecule has 1 heterocycles. The lowest BCUT2D eigenvalue weighted by molar-refractivity contribution is -0.128. The van der Waals surface area contributed by atoms with Gasteiger partial charge in [0.2, 0.25) is 5.91 Å². The molecule has 140 valence electrons. The first-order chi connectivity index (χ1) is 12.5. The number of amides is 1. The zero-order valence-corrected chi connectivity index (χ0v) is 16.5. The van der Waals surface area contributed by atoms with Crippen molar-refractivity contribution in [2.24, 2.45) is 5.41 Å². The van der Waals surface area contributed by atoms with E-state index in [9.17, 15) is 9.90 Å². The van der Waals surface area contributed by atoms with Gasteiger partial charge >= 0.3 is 0 Å². The summed E-state index contributed by atoms with van der Waals surface area (Å²) in [5, 5.41) is 11.7. The smallest absolute Gasteiger partial charge is 0.233 e. The Morgan fingerprint density at radius 3 is 2.65 bits per heavy atom. The van der Waals surface area contributed by atoms with Gasteiger partial charge in [-0.3, -0.25) is 4.79 Å². The third-order valence-corrected chi connectivity index (χ3v) is 6.29. The normalized spacial score (nSPS) is 17.9. The third-order valence-electron chi connectivity index (χ3n) is 5.05. The number of carbonyl (C=O) groups excluding carboxylic acids is 1. The van der Waals surface area contributed by atoms with Crippen molar-refractivity contribution in [1.82, 2.24) is 4.90 Å². The molecule has 1 fully saturated rings. The highest BCUT2D eigenvalue weighted by atomic mass is 32.2. The molecule has 26 heavy (non-hydrogen) atoms. The first-order valence-electron chi connectivity index (χ1n) is 9.04. The first-order valence-corrected chi connectivity index (χ1v) is 10.1. The molecule has 0 spiro atoms. The lowest BCUT2D eigenvalue weighted by Crippen LogP contribution is -2.30. The van der Waals surface area contributed by atoms with Gasteiger partial charge in [0.15, 0.2) is 0 Å². The number of hydrogen-bond donors (Lipinski definition) is 1. The van der Waals surface area contributed by atoms with E-state index in [1.165, 1.54) is 5.56 Å². The van der Waals surface area contributed by atoms with Gasteiger partial charge in [-0.25, -0.2) is 0 Å². The summed E-state index contributed by atoms with van der Waals surface area (Å²) in [6, 6.07) is 12.3. The Hall–Kier alpha value is -1.72. The molecule has 0 saturated carbocycles. The third kappa shape index (κ3) is 3.84. The molecule has 1 N–H and O–H groups in total. The molecule has 0 aromatic heterocycles. The monoisotopic (exact) mass is 373 g/mol. The van der Waals surface area contributed by atoms with Crippen molar-refractivity contribution < 1.29 is 14.6 Å². The second-order valence-electron chi connectivity index (χ2n) is 7.58. The van der Waals surface area contributed by atoms with Gasteiger partial charge < -0.3 is 14.7 Å². The van der Waals surface area contributed by atoms with Crippen LogP contribution in [0.25, 0.3) is 10.8 Å². The van der Waals surface area contributed by atoms with Crippen molar-refractivity contribution in [1.29, 1.82) is 0 Å². The number of hydrogen-bond acceptors (Lipinski definition) is 4. The van der Waals surface area contributed by atoms with Gasteiger partial charge in [0.05, 0.1) is 12.9 Å². The van der Waals surface area contributed by atoms with Crippen molar-refractivity contribution in [3.8, 4) is 5.75 Å². The molecule has 1 saturated heterocycles. The quantitative estimate of drug-likeness (QED) is 0.789. The molecule has 2 aromatic rings. The van der Waals surface area contributed by atoms with Gasteiger partial charge in [-0.15, -0.1) is 11.8 Å². The summed E-state index contributed by atoms with van der Waals surface area (Å²) in [7, 11) is 1.69. The number of rotatable bonds is 7. The van der Waals surface area contributed by atoms with Crippen LogP contribution in [0.5, 0.6) is 5.75 Å². The molecule has 4 nitrogen and oxygen atoms in total. The van der Waals surface area contributed by atoms with Gasteiger partial charge in [-0.05, 0) is 35.3 Å². The van der Waals surface area contributed by atoms with Gasteiger partial charge in [0.1, 0.15) is 11.1 Å². The van der Waals surface area contributed by atoms with Gasteiger partial charge in [0.25, 0.3) is 0 Å². The molecular weight excluding hydrogens is 346 g/mol. The molecule has 1 unspecified atom stereocenters. The fourth-order valence-electron chi connectivity index (χ4n) is 3.45. The van der Waals surface area contributed by atoms with Crippen molar-refractivity contribution in [2.45, 2.75) is 32.1 Å². The molecule has 0 aliphatic carbocycles. The van der Waals surface area contributed by atoms with E-state index >= 15 is 0 Å². The minimum atomic E-state index is -0.0990. The summed E-state index contributed by atoms with van der Waals surface area (Å²) in [5.41, 5.74) is 1.07. The molecule has 3 rings (SSSR count). The Kier molecular flexibility index (Phi) is 5.78. The molecule has 0 radical (unpaired) electrons. The zero-order chi connectivity index (χ0) is 18.7. The Morgan fingerprint density at radius 1 is 1.23 bits per heavy atom. The summed E-state index contributed by atoms with van der Waals surface area (Å²) in [6.07, 6.45) is 1.79. The second kappa shape index (κ2) is 7.89. The molecular formula is C21H27NO3S. The largest absolute Gasteiger partial charge is 0.496 e. The summed E-state index contributed by atoms with van der Waals surface area (Å²) < 4.78 is 5.50. The topological polar surface area (TPSA) is 49.8 Å². The minimum Gasteiger partial charge on any atom is -0.496 e. The van der Waals surface area contributed by atoms with Crippen molar-refractivity contribution in [3.05, 3.63) is 42.0 Å². The maximum atomic E-state index is 12.5. The molecule has 1 amide bonds. The Bertz CT molecular complexity index is 790. The molecule has 1 atom stereocenters. The van der Waals surface area contributed by atoms with E-state index in [0.29, 0.717) is 5.75 Å². The van der Waals surface area contributed by atoms with E-state index in [1.807, 2.05) is 23.1 Å². The van der Waals surface area contributed by atoms with Crippen LogP contribution in [-0.4, -0.2) is 41.9 Å². The first kappa shape index (κ1) is 19.1. The van der Waals surface area contributed by atoms with Crippen LogP contribution >= 0.6 is 11.8 Å². The SMILES string of the molecule is COc1ccc(C2SCC(=O)N2CCCC(C)(C)CO)c2ccccc12. The van der Waals surface area contributed by atoms with Crippen molar-refractivity contribution >= 4 is 28.4 Å². The standard InChI is InChI=1S/C21H27NO3S/c1-21(2,14-23)11-6-12-22-19(24)13-26-20(22)17-9-10-18(25-3)16-8-5-4-7-15(16)17/h4-5,7-10,20,23H,6,11-14H2,1-3H3. The predicted octanol–water partition coefficient (Wildman–Crippen LogP) is 4.22. The van der Waals surface area contributed by atoms with E-state index in [-0.39, 0.29) is 23.3 Å². The van der Waals surface area contributed by atoms with E-state index in [1.54, 1.807) is 18.9 Å². The van der Waals surface area contributed by atoms with Gasteiger partial charge in [-0.2, -0.15) is 0 Å². The van der Waals surface area contributed by atoms with Gasteiger partial charge in [-0.1, -0.05) is 44.2 Å². The van der Waals surface area contributed by atoms with Crippen LogP contribution < -0.4 is 4.74 Å². The van der Waals surface area contributed by atoms with Crippen LogP contribution in [0, 0.1) is 5.41 Å². The van der Waals surface area contributed by atoms with Crippen LogP contribution in [-0.2, 0) is 4.79 Å². The number of benzene rings is 2. The number of thioether (sulfide) groups is 1. The minimum absolute atomic E-state index is 0.0375. The lowest BCUT2D eigenvalue weighted by atomic mass is 9.89. The summed E-state index contributed by atoms with van der Waals surface area (Å²) in [4.78, 5) is 14.5. The zero-order valence-electron chi connectivity index (χ0n) is 15.7. The number of aliphatic hydroxyl groups is 1. The summed E-state index contributed by atoms with van der Waals surface area (Å²) in [5.74, 6) is 1.57. The van der Waals surface area contributed by atoms with Crippen LogP contribution in [0.15, 0.2) is 36.4 Å². The highest BCUT2D eigenvalue weighted by Crippen LogP contribution is 2.43. The molecule has 1 aliphatic heterocycles. The summed E-state index contributed by atoms with van der Waals surface area (Å²) in [6.45, 7) is 5.01. The average Bonchev–Trinajstić information content (AvgIpc) is 3.01. The lowest BCUT2D eigenvalue weighted by Gasteiger charge is -2.28. The Balaban J connectivity index is 1.86. The number of methoxy groups -OCH3 is 1. The highest BCUT2D eigenvalue weighted by Gasteiger charge is 2.33. The van der Waals surface area contributed by atoms with Crippen LogP contribution in [0.2, 0.25) is 0 Å². The Morgan fingerprint density at radius 2 is 1.96 bits per heavy atom. The average molecular weight is 374 g/mol.